The first-order valence-corrected chi connectivity index (χ1v) is 8.24. The van der Waals surface area contributed by atoms with Crippen LogP contribution in [0.5, 0.6) is 0 Å². The fraction of sp³-hybridized carbons (Fsp3) is 0.353. The number of hydrogen-bond acceptors (Lipinski definition) is 3. The van der Waals surface area contributed by atoms with Crippen molar-refractivity contribution in [2.45, 2.75) is 19.6 Å². The SMILES string of the molecule is CN(C)C(=O)N1CCn2nc(CNC(=O)Nc3cccc(F)c3)cc2C1. The van der Waals surface area contributed by atoms with Crippen molar-refractivity contribution in [1.29, 1.82) is 0 Å². The molecule has 2 N–H and O–H groups in total. The summed E-state index contributed by atoms with van der Waals surface area (Å²) in [7, 11) is 3.45. The lowest BCUT2D eigenvalue weighted by Gasteiger charge is -2.29. The van der Waals surface area contributed by atoms with Crippen LogP contribution in [0, 0.1) is 5.82 Å². The Kier molecular flexibility index (Phi) is 5.06. The fourth-order valence-corrected chi connectivity index (χ4v) is 2.77. The van der Waals surface area contributed by atoms with Crippen LogP contribution in [0.1, 0.15) is 11.4 Å². The molecule has 138 valence electrons. The molecule has 0 unspecified atom stereocenters. The van der Waals surface area contributed by atoms with Gasteiger partial charge >= 0.3 is 12.1 Å². The number of nitrogens with one attached hydrogen (secondary N) is 2. The number of urea groups is 2. The Hall–Kier alpha value is -3.10. The lowest BCUT2D eigenvalue weighted by molar-refractivity contribution is 0.155. The number of fused-ring (bicyclic) bond motifs is 1. The van der Waals surface area contributed by atoms with Crippen LogP contribution in [0.3, 0.4) is 0 Å². The quantitative estimate of drug-likeness (QED) is 0.876. The van der Waals surface area contributed by atoms with Crippen LogP contribution in [0.15, 0.2) is 30.3 Å². The molecule has 1 aliphatic heterocycles. The van der Waals surface area contributed by atoms with Crippen LogP contribution < -0.4 is 10.6 Å². The van der Waals surface area contributed by atoms with E-state index < -0.39 is 11.8 Å². The van der Waals surface area contributed by atoms with Crippen LogP contribution in [0.25, 0.3) is 0 Å². The predicted octanol–water partition coefficient (Wildman–Crippen LogP) is 1.84. The van der Waals surface area contributed by atoms with E-state index in [2.05, 4.69) is 15.7 Å². The van der Waals surface area contributed by atoms with Crippen LogP contribution in [0.2, 0.25) is 0 Å². The monoisotopic (exact) mass is 360 g/mol. The molecule has 1 aromatic carbocycles. The average Bonchev–Trinajstić information content (AvgIpc) is 3.01. The van der Waals surface area contributed by atoms with Gasteiger partial charge in [0.05, 0.1) is 31.0 Å². The number of hydrogen-bond donors (Lipinski definition) is 2. The minimum Gasteiger partial charge on any atom is -0.332 e. The van der Waals surface area contributed by atoms with Crippen LogP contribution >= 0.6 is 0 Å². The molecule has 1 aliphatic rings. The number of aromatic nitrogens is 2. The molecule has 0 atom stereocenters. The van der Waals surface area contributed by atoms with E-state index in [1.165, 1.54) is 18.2 Å². The molecule has 0 spiro atoms. The molecule has 0 saturated heterocycles. The van der Waals surface area contributed by atoms with E-state index in [1.54, 1.807) is 30.0 Å². The van der Waals surface area contributed by atoms with Crippen LogP contribution in [-0.4, -0.2) is 52.3 Å². The largest absolute Gasteiger partial charge is 0.332 e. The smallest absolute Gasteiger partial charge is 0.319 e. The summed E-state index contributed by atoms with van der Waals surface area (Å²) in [5.74, 6) is -0.415. The van der Waals surface area contributed by atoms with Crippen molar-refractivity contribution >= 4 is 17.7 Å². The molecule has 2 aromatic rings. The number of amides is 4. The lowest BCUT2D eigenvalue weighted by atomic mass is 10.3. The molecule has 1 aromatic heterocycles. The van der Waals surface area contributed by atoms with Gasteiger partial charge in [0.25, 0.3) is 0 Å². The van der Waals surface area contributed by atoms with Gasteiger partial charge in [0.1, 0.15) is 5.82 Å². The number of benzene rings is 1. The van der Waals surface area contributed by atoms with E-state index in [4.69, 9.17) is 0 Å². The minimum atomic E-state index is -0.439. The second-order valence-electron chi connectivity index (χ2n) is 6.27. The molecule has 26 heavy (non-hydrogen) atoms. The topological polar surface area (TPSA) is 82.5 Å². The first kappa shape index (κ1) is 17.7. The number of halogens is 1. The van der Waals surface area contributed by atoms with Crippen molar-refractivity contribution in [1.82, 2.24) is 24.9 Å². The second kappa shape index (κ2) is 7.42. The third-order valence-corrected chi connectivity index (χ3v) is 4.01. The minimum absolute atomic E-state index is 0.0356. The number of anilines is 1. The summed E-state index contributed by atoms with van der Waals surface area (Å²) in [4.78, 5) is 27.3. The van der Waals surface area contributed by atoms with E-state index in [0.717, 1.165) is 5.69 Å². The first-order chi connectivity index (χ1) is 12.4. The summed E-state index contributed by atoms with van der Waals surface area (Å²) >= 11 is 0. The molecule has 0 radical (unpaired) electrons. The zero-order valence-corrected chi connectivity index (χ0v) is 14.7. The van der Waals surface area contributed by atoms with Crippen molar-refractivity contribution < 1.29 is 14.0 Å². The third-order valence-electron chi connectivity index (χ3n) is 4.01. The predicted molar refractivity (Wildman–Crippen MR) is 94.0 cm³/mol. The van der Waals surface area contributed by atoms with Gasteiger partial charge < -0.3 is 20.4 Å². The van der Waals surface area contributed by atoms with E-state index in [-0.39, 0.29) is 12.6 Å². The van der Waals surface area contributed by atoms with Gasteiger partial charge in [0.2, 0.25) is 0 Å². The number of carbonyl (C=O) groups is 2. The Morgan fingerprint density at radius 2 is 2.08 bits per heavy atom. The average molecular weight is 360 g/mol. The van der Waals surface area contributed by atoms with Crippen molar-refractivity contribution in [3.05, 3.63) is 47.5 Å². The van der Waals surface area contributed by atoms with Crippen LogP contribution in [-0.2, 0) is 19.6 Å². The Labute approximate surface area is 150 Å². The summed E-state index contributed by atoms with van der Waals surface area (Å²) in [6.07, 6.45) is 0. The fourth-order valence-electron chi connectivity index (χ4n) is 2.77. The maximum absolute atomic E-state index is 13.1. The van der Waals surface area contributed by atoms with Gasteiger partial charge in [-0.1, -0.05) is 6.07 Å². The Balaban J connectivity index is 1.55. The van der Waals surface area contributed by atoms with E-state index >= 15 is 0 Å². The van der Waals surface area contributed by atoms with E-state index in [0.29, 0.717) is 31.0 Å². The molecule has 2 heterocycles. The van der Waals surface area contributed by atoms with Gasteiger partial charge in [-0.25, -0.2) is 14.0 Å². The molecule has 0 saturated carbocycles. The summed E-state index contributed by atoms with van der Waals surface area (Å²) in [6.45, 7) is 1.94. The third kappa shape index (κ3) is 4.11. The van der Waals surface area contributed by atoms with Crippen molar-refractivity contribution in [2.75, 3.05) is 26.0 Å². The van der Waals surface area contributed by atoms with Crippen molar-refractivity contribution in [3.63, 3.8) is 0 Å². The summed E-state index contributed by atoms with van der Waals surface area (Å²) < 4.78 is 15.0. The van der Waals surface area contributed by atoms with E-state index in [9.17, 15) is 14.0 Å². The molecule has 3 rings (SSSR count). The summed E-state index contributed by atoms with van der Waals surface area (Å²) in [5.41, 5.74) is 2.01. The van der Waals surface area contributed by atoms with Crippen molar-refractivity contribution in [2.24, 2.45) is 0 Å². The molecule has 0 fully saturated rings. The zero-order valence-electron chi connectivity index (χ0n) is 14.7. The molecular weight excluding hydrogens is 339 g/mol. The Morgan fingerprint density at radius 3 is 2.81 bits per heavy atom. The Bertz CT molecular complexity index is 819. The number of nitrogens with zero attached hydrogens (tertiary/aromatic N) is 4. The maximum Gasteiger partial charge on any atom is 0.319 e. The molecular formula is C17H21FN6O2. The molecule has 9 heteroatoms. The highest BCUT2D eigenvalue weighted by Gasteiger charge is 2.23. The van der Waals surface area contributed by atoms with Crippen LogP contribution in [0.4, 0.5) is 19.7 Å². The Morgan fingerprint density at radius 1 is 1.27 bits per heavy atom. The molecule has 4 amide bonds. The second-order valence-corrected chi connectivity index (χ2v) is 6.27. The lowest BCUT2D eigenvalue weighted by Crippen LogP contribution is -2.43. The number of rotatable bonds is 3. The van der Waals surface area contributed by atoms with Gasteiger partial charge in [-0.2, -0.15) is 5.10 Å². The standard InChI is InChI=1S/C17H21FN6O2/c1-22(2)17(26)23-6-7-24-15(11-23)9-14(21-24)10-19-16(25)20-13-5-3-4-12(18)8-13/h3-5,8-9H,6-7,10-11H2,1-2H3,(H2,19,20,25). The molecule has 0 bridgehead atoms. The van der Waals surface area contributed by atoms with Crippen molar-refractivity contribution in [3.8, 4) is 0 Å². The van der Waals surface area contributed by atoms with E-state index in [1.807, 2.05) is 10.7 Å². The first-order valence-electron chi connectivity index (χ1n) is 8.24. The highest BCUT2D eigenvalue weighted by Crippen LogP contribution is 2.15. The maximum atomic E-state index is 13.1. The van der Waals surface area contributed by atoms with Gasteiger partial charge in [-0.3, -0.25) is 4.68 Å². The normalized spacial score (nSPS) is 13.1. The highest BCUT2D eigenvalue weighted by atomic mass is 19.1. The van der Waals surface area contributed by atoms with Gasteiger partial charge in [-0.15, -0.1) is 0 Å². The van der Waals surface area contributed by atoms with Gasteiger partial charge in [0.15, 0.2) is 0 Å². The summed E-state index contributed by atoms with van der Waals surface area (Å²) in [5, 5.41) is 9.70. The highest BCUT2D eigenvalue weighted by molar-refractivity contribution is 5.89. The zero-order chi connectivity index (χ0) is 18.7. The number of carbonyl (C=O) groups excluding carboxylic acids is 2. The molecule has 0 aliphatic carbocycles. The summed E-state index contributed by atoms with van der Waals surface area (Å²) in [6, 6.07) is 7.08. The van der Waals surface area contributed by atoms with Gasteiger partial charge in [-0.05, 0) is 24.3 Å². The molecule has 8 nitrogen and oxygen atoms in total. The van der Waals surface area contributed by atoms with Gasteiger partial charge in [0, 0.05) is 26.3 Å².